The molecule has 3 rings (SSSR count). The highest BCUT2D eigenvalue weighted by atomic mass is 35.5. The molecular formula is C23H27ClN8O3. The average molecular weight is 499 g/mol. The number of ether oxygens (including phenoxy) is 1. The first-order chi connectivity index (χ1) is 16.4. The predicted molar refractivity (Wildman–Crippen MR) is 135 cm³/mol. The Labute approximate surface area is 208 Å². The van der Waals surface area contributed by atoms with E-state index in [1.807, 2.05) is 0 Å². The molecular weight excluding hydrogens is 472 g/mol. The fraction of sp³-hybridized carbons (Fsp3) is 0.261. The highest BCUT2D eigenvalue weighted by molar-refractivity contribution is 6.31. The lowest BCUT2D eigenvalue weighted by Crippen LogP contribution is -2.42. The number of halogens is 1. The first-order valence-corrected chi connectivity index (χ1v) is 10.7. The Balaban J connectivity index is 0.00000432. The van der Waals surface area contributed by atoms with E-state index in [0.717, 1.165) is 5.69 Å². The summed E-state index contributed by atoms with van der Waals surface area (Å²) in [6, 6.07) is 6.68. The van der Waals surface area contributed by atoms with Crippen LogP contribution in [0.1, 0.15) is 19.5 Å². The second-order valence-electron chi connectivity index (χ2n) is 7.11. The smallest absolute Gasteiger partial charge is 0.324 e. The van der Waals surface area contributed by atoms with Crippen LogP contribution in [0.15, 0.2) is 49.1 Å². The van der Waals surface area contributed by atoms with E-state index in [9.17, 15) is 9.59 Å². The number of benzene rings is 1. The van der Waals surface area contributed by atoms with Gasteiger partial charge < -0.3 is 26.1 Å². The third-order valence-corrected chi connectivity index (χ3v) is 4.75. The number of nitrogens with one attached hydrogen (secondary N) is 4. The number of rotatable bonds is 10. The number of anilines is 2. The Morgan fingerprint density at radius 3 is 2.74 bits per heavy atom. The highest BCUT2D eigenvalue weighted by Gasteiger charge is 2.14. The molecule has 2 heterocycles. The molecule has 0 fully saturated rings. The maximum atomic E-state index is 12.3. The highest BCUT2D eigenvalue weighted by Crippen LogP contribution is 2.28. The van der Waals surface area contributed by atoms with Crippen LogP contribution in [0, 0.1) is 6.57 Å². The fourth-order valence-corrected chi connectivity index (χ4v) is 3.02. The maximum absolute atomic E-state index is 12.3. The number of nitrogens with two attached hydrogens (primary N) is 1. The van der Waals surface area contributed by atoms with Gasteiger partial charge in [0.05, 0.1) is 31.2 Å². The Morgan fingerprint density at radius 2 is 2.06 bits per heavy atom. The zero-order valence-electron chi connectivity index (χ0n) is 18.0. The molecule has 12 heteroatoms. The van der Waals surface area contributed by atoms with Gasteiger partial charge >= 0.3 is 6.03 Å². The van der Waals surface area contributed by atoms with Crippen molar-refractivity contribution in [1.29, 1.82) is 0 Å². The van der Waals surface area contributed by atoms with Crippen molar-refractivity contribution in [3.8, 4) is 5.75 Å². The number of carbonyl (C=O) groups excluding carboxylic acids is 2. The van der Waals surface area contributed by atoms with E-state index in [4.69, 9.17) is 28.6 Å². The topological polar surface area (TPSA) is 151 Å². The minimum Gasteiger partial charge on any atom is -0.491 e. The summed E-state index contributed by atoms with van der Waals surface area (Å²) in [6.07, 6.45) is 5.41. The second kappa shape index (κ2) is 13.5. The zero-order valence-corrected chi connectivity index (χ0v) is 18.8. The summed E-state index contributed by atoms with van der Waals surface area (Å²) in [6.45, 7) is 7.59. The van der Waals surface area contributed by atoms with Crippen LogP contribution in [0.4, 0.5) is 22.0 Å². The number of hydrogen-bond acceptors (Lipinski definition) is 6. The van der Waals surface area contributed by atoms with Crippen molar-refractivity contribution in [3.05, 3.63) is 71.2 Å². The van der Waals surface area contributed by atoms with Crippen molar-refractivity contribution in [2.24, 2.45) is 5.73 Å². The molecule has 11 nitrogen and oxygen atoms in total. The van der Waals surface area contributed by atoms with E-state index >= 15 is 0 Å². The average Bonchev–Trinajstić information content (AvgIpc) is 3.33. The SMILES string of the molecule is C.[C-]#[N+]c1ccc(NC(=O)Nc2cc(Cl)ccc2OCCCNC(=O)[C@@H](N)Cc2cnc[nH]2)nc1. The Bertz CT molecular complexity index is 1150. The van der Waals surface area contributed by atoms with Crippen LogP contribution in [0.25, 0.3) is 4.85 Å². The van der Waals surface area contributed by atoms with E-state index in [2.05, 4.69) is 35.7 Å². The van der Waals surface area contributed by atoms with E-state index in [1.165, 1.54) is 18.6 Å². The summed E-state index contributed by atoms with van der Waals surface area (Å²) < 4.78 is 5.76. The van der Waals surface area contributed by atoms with Gasteiger partial charge in [0.25, 0.3) is 0 Å². The van der Waals surface area contributed by atoms with Crippen molar-refractivity contribution in [1.82, 2.24) is 20.3 Å². The Morgan fingerprint density at radius 1 is 1.23 bits per heavy atom. The molecule has 0 saturated heterocycles. The molecule has 6 N–H and O–H groups in total. The quantitative estimate of drug-likeness (QED) is 0.212. The first-order valence-electron chi connectivity index (χ1n) is 10.3. The number of aromatic nitrogens is 3. The van der Waals surface area contributed by atoms with Gasteiger partial charge in [-0.25, -0.2) is 14.6 Å². The summed E-state index contributed by atoms with van der Waals surface area (Å²) in [5.41, 5.74) is 7.42. The Hall–Kier alpha value is -4.14. The molecule has 184 valence electrons. The van der Waals surface area contributed by atoms with E-state index in [1.54, 1.807) is 30.5 Å². The molecule has 0 aliphatic carbocycles. The maximum Gasteiger partial charge on any atom is 0.324 e. The number of aromatic amines is 1. The van der Waals surface area contributed by atoms with Gasteiger partial charge in [0.15, 0.2) is 0 Å². The normalized spacial score (nSPS) is 10.9. The third-order valence-electron chi connectivity index (χ3n) is 4.52. The predicted octanol–water partition coefficient (Wildman–Crippen LogP) is 3.74. The number of hydrogen-bond donors (Lipinski definition) is 5. The van der Waals surface area contributed by atoms with E-state index < -0.39 is 12.1 Å². The Kier molecular flexibility index (Phi) is 10.5. The zero-order chi connectivity index (χ0) is 24.3. The van der Waals surface area contributed by atoms with E-state index in [0.29, 0.717) is 41.5 Å². The third kappa shape index (κ3) is 8.62. The minimum absolute atomic E-state index is 0. The van der Waals surface area contributed by atoms with Crippen LogP contribution in [0.3, 0.4) is 0 Å². The molecule has 35 heavy (non-hydrogen) atoms. The number of urea groups is 1. The van der Waals surface area contributed by atoms with Crippen LogP contribution < -0.4 is 26.4 Å². The summed E-state index contributed by atoms with van der Waals surface area (Å²) in [5.74, 6) is 0.437. The number of nitrogens with zero attached hydrogens (tertiary/aromatic N) is 3. The van der Waals surface area contributed by atoms with Crippen LogP contribution in [-0.2, 0) is 11.2 Å². The molecule has 0 aliphatic heterocycles. The molecule has 3 aromatic rings. The van der Waals surface area contributed by atoms with Crippen LogP contribution >= 0.6 is 11.6 Å². The number of imidazole rings is 1. The number of pyridine rings is 1. The second-order valence-corrected chi connectivity index (χ2v) is 7.55. The molecule has 1 aromatic carbocycles. The molecule has 2 aromatic heterocycles. The molecule has 1 atom stereocenters. The molecule has 0 radical (unpaired) electrons. The summed E-state index contributed by atoms with van der Waals surface area (Å²) >= 11 is 6.06. The van der Waals surface area contributed by atoms with Crippen molar-refractivity contribution >= 4 is 40.7 Å². The minimum atomic E-state index is -0.681. The van der Waals surface area contributed by atoms with Gasteiger partial charge in [-0.3, -0.25) is 15.1 Å². The van der Waals surface area contributed by atoms with E-state index in [-0.39, 0.29) is 25.8 Å². The van der Waals surface area contributed by atoms with Crippen LogP contribution in [0.5, 0.6) is 5.75 Å². The first kappa shape index (κ1) is 27.1. The lowest BCUT2D eigenvalue weighted by molar-refractivity contribution is -0.122. The molecule has 0 unspecified atom stereocenters. The van der Waals surface area contributed by atoms with Gasteiger partial charge in [0, 0.05) is 36.1 Å². The largest absolute Gasteiger partial charge is 0.491 e. The monoisotopic (exact) mass is 498 g/mol. The van der Waals surface area contributed by atoms with Gasteiger partial charge in [-0.05, 0) is 30.7 Å². The molecule has 0 spiro atoms. The molecule has 3 amide bonds. The molecule has 0 aliphatic rings. The van der Waals surface area contributed by atoms with Crippen molar-refractivity contribution in [2.45, 2.75) is 26.3 Å². The molecule has 0 bridgehead atoms. The van der Waals surface area contributed by atoms with Gasteiger partial charge in [0.2, 0.25) is 11.6 Å². The standard InChI is InChI=1S/C22H23ClN8O3.CH4/c1-25-15-4-6-20(28-12-15)31-22(33)30-18-9-14(23)3-5-19(18)34-8-2-7-27-21(32)17(24)10-16-11-26-13-29-16;/h3-6,9,11-13,17H,2,7-8,10,24H2,(H,26,29)(H,27,32)(H2,28,30,31,33);1H4/t17-;/m0./s1. The lowest BCUT2D eigenvalue weighted by Gasteiger charge is -2.14. The fourth-order valence-electron chi connectivity index (χ4n) is 2.84. The van der Waals surface area contributed by atoms with Gasteiger partial charge in [-0.2, -0.15) is 0 Å². The van der Waals surface area contributed by atoms with Crippen LogP contribution in [0.2, 0.25) is 5.02 Å². The van der Waals surface area contributed by atoms with Crippen molar-refractivity contribution < 1.29 is 14.3 Å². The van der Waals surface area contributed by atoms with Crippen molar-refractivity contribution in [3.63, 3.8) is 0 Å². The summed E-state index contributed by atoms with van der Waals surface area (Å²) in [7, 11) is 0. The van der Waals surface area contributed by atoms with Crippen molar-refractivity contribution in [2.75, 3.05) is 23.8 Å². The number of carbonyl (C=O) groups is 2. The van der Waals surface area contributed by atoms with Gasteiger partial charge in [0.1, 0.15) is 11.6 Å². The lowest BCUT2D eigenvalue weighted by atomic mass is 10.1. The van der Waals surface area contributed by atoms with Gasteiger partial charge in [-0.1, -0.05) is 25.1 Å². The molecule has 0 saturated carbocycles. The summed E-state index contributed by atoms with van der Waals surface area (Å²) in [5, 5.41) is 8.43. The number of amides is 3. The summed E-state index contributed by atoms with van der Waals surface area (Å²) in [4.78, 5) is 38.5. The van der Waals surface area contributed by atoms with Crippen LogP contribution in [-0.4, -0.2) is 46.1 Å². The number of H-pyrrole nitrogens is 1. The van der Waals surface area contributed by atoms with Gasteiger partial charge in [-0.15, -0.1) is 0 Å².